The molecule has 0 bridgehead atoms. The number of unbranched alkanes of at least 4 members (excludes halogenated alkanes) is 13. The fourth-order valence-corrected chi connectivity index (χ4v) is 3.36. The summed E-state index contributed by atoms with van der Waals surface area (Å²) in [5.74, 6) is -0.665. The number of hydrogen-bond donors (Lipinski definition) is 3. The van der Waals surface area contributed by atoms with Gasteiger partial charge in [0.15, 0.2) is 0 Å². The van der Waals surface area contributed by atoms with Crippen molar-refractivity contribution < 1.29 is 15.0 Å². The zero-order valence-corrected chi connectivity index (χ0v) is 16.6. The predicted molar refractivity (Wildman–Crippen MR) is 105 cm³/mol. The van der Waals surface area contributed by atoms with Gasteiger partial charge in [0.1, 0.15) is 0 Å². The largest absolute Gasteiger partial charge is 0.394 e. The van der Waals surface area contributed by atoms with E-state index in [4.69, 9.17) is 10.8 Å². The number of carbonyl (C=O) groups excluding carboxylic acids is 1. The highest BCUT2D eigenvalue weighted by Gasteiger charge is 2.18. The number of aliphatic hydroxyl groups excluding tert-OH is 2. The Balaban J connectivity index is 3.35. The van der Waals surface area contributed by atoms with Crippen molar-refractivity contribution in [1.29, 1.82) is 0 Å². The topological polar surface area (TPSA) is 83.6 Å². The number of primary amides is 1. The molecule has 0 aliphatic carbocycles. The van der Waals surface area contributed by atoms with Crippen LogP contribution in [0.15, 0.2) is 0 Å². The third-order valence-electron chi connectivity index (χ3n) is 5.08. The number of amides is 1. The molecule has 0 spiro atoms. The third kappa shape index (κ3) is 16.6. The van der Waals surface area contributed by atoms with Crippen LogP contribution < -0.4 is 5.73 Å². The summed E-state index contributed by atoms with van der Waals surface area (Å²) in [6.45, 7) is 1.96. The van der Waals surface area contributed by atoms with E-state index < -0.39 is 6.10 Å². The van der Waals surface area contributed by atoms with Crippen molar-refractivity contribution >= 4 is 5.91 Å². The highest BCUT2D eigenvalue weighted by molar-refractivity contribution is 5.76. The first-order valence-electron chi connectivity index (χ1n) is 10.7. The molecule has 0 aromatic rings. The lowest BCUT2D eigenvalue weighted by molar-refractivity contribution is -0.123. The van der Waals surface area contributed by atoms with Gasteiger partial charge in [-0.15, -0.1) is 0 Å². The molecule has 0 aliphatic heterocycles. The average Bonchev–Trinajstić information content (AvgIpc) is 2.60. The van der Waals surface area contributed by atoms with E-state index in [2.05, 4.69) is 6.92 Å². The average molecular weight is 358 g/mol. The molecule has 1 amide bonds. The van der Waals surface area contributed by atoms with Crippen LogP contribution in [-0.4, -0.2) is 28.8 Å². The van der Waals surface area contributed by atoms with E-state index in [9.17, 15) is 9.90 Å². The van der Waals surface area contributed by atoms with Crippen molar-refractivity contribution in [2.45, 2.75) is 116 Å². The van der Waals surface area contributed by atoms with Crippen molar-refractivity contribution in [3.8, 4) is 0 Å². The zero-order chi connectivity index (χ0) is 18.8. The van der Waals surface area contributed by atoms with Gasteiger partial charge in [0, 0.05) is 5.92 Å². The lowest BCUT2D eigenvalue weighted by Gasteiger charge is -2.15. The summed E-state index contributed by atoms with van der Waals surface area (Å²) in [6.07, 6.45) is 18.5. The van der Waals surface area contributed by atoms with E-state index in [0.717, 1.165) is 19.3 Å². The molecular weight excluding hydrogens is 314 g/mol. The van der Waals surface area contributed by atoms with Gasteiger partial charge in [0.2, 0.25) is 5.91 Å². The molecule has 0 aromatic heterocycles. The number of hydrogen-bond acceptors (Lipinski definition) is 3. The summed E-state index contributed by atoms with van der Waals surface area (Å²) in [4.78, 5) is 11.3. The normalized spacial score (nSPS) is 13.7. The first kappa shape index (κ1) is 24.4. The van der Waals surface area contributed by atoms with Crippen LogP contribution >= 0.6 is 0 Å². The van der Waals surface area contributed by atoms with E-state index in [-0.39, 0.29) is 24.9 Å². The van der Waals surface area contributed by atoms with E-state index in [1.165, 1.54) is 77.0 Å². The fraction of sp³-hybridized carbons (Fsp3) is 0.952. The molecule has 0 saturated heterocycles. The van der Waals surface area contributed by atoms with Crippen molar-refractivity contribution in [1.82, 2.24) is 0 Å². The van der Waals surface area contributed by atoms with Gasteiger partial charge in [0.05, 0.1) is 12.7 Å². The van der Waals surface area contributed by atoms with Gasteiger partial charge in [0.25, 0.3) is 0 Å². The molecule has 0 aliphatic rings. The Kier molecular flexibility index (Phi) is 17.7. The maximum Gasteiger partial charge on any atom is 0.220 e. The summed E-state index contributed by atoms with van der Waals surface area (Å²) in [6, 6.07) is 0. The van der Waals surface area contributed by atoms with Crippen LogP contribution in [0.4, 0.5) is 0 Å². The van der Waals surface area contributed by atoms with Gasteiger partial charge in [-0.25, -0.2) is 0 Å². The van der Waals surface area contributed by atoms with Gasteiger partial charge >= 0.3 is 0 Å². The second-order valence-corrected chi connectivity index (χ2v) is 7.56. The molecule has 0 fully saturated rings. The van der Waals surface area contributed by atoms with Crippen LogP contribution in [0.2, 0.25) is 0 Å². The number of rotatable bonds is 19. The summed E-state index contributed by atoms with van der Waals surface area (Å²) >= 11 is 0. The Labute approximate surface area is 155 Å². The molecule has 0 radical (unpaired) electrons. The summed E-state index contributed by atoms with van der Waals surface area (Å²) in [5.41, 5.74) is 5.36. The van der Waals surface area contributed by atoms with E-state index in [1.807, 2.05) is 0 Å². The Morgan fingerprint density at radius 1 is 0.800 bits per heavy atom. The van der Waals surface area contributed by atoms with Gasteiger partial charge in [-0.05, 0) is 12.8 Å². The lowest BCUT2D eigenvalue weighted by atomic mass is 9.94. The standard InChI is InChI=1S/C21H43NO3/c1-2-3-4-5-6-7-8-9-10-11-12-13-14-15-16-19(21(22)25)17-20(24)18-23/h19-20,23-24H,2-18H2,1H3,(H2,22,25). The minimum Gasteiger partial charge on any atom is -0.394 e. The van der Waals surface area contributed by atoms with Crippen LogP contribution in [-0.2, 0) is 4.79 Å². The van der Waals surface area contributed by atoms with Crippen molar-refractivity contribution in [3.63, 3.8) is 0 Å². The van der Waals surface area contributed by atoms with Gasteiger partial charge < -0.3 is 15.9 Å². The van der Waals surface area contributed by atoms with Crippen LogP contribution in [0.3, 0.4) is 0 Å². The Hall–Kier alpha value is -0.610. The van der Waals surface area contributed by atoms with Crippen LogP contribution in [0, 0.1) is 5.92 Å². The molecule has 4 heteroatoms. The molecule has 150 valence electrons. The quantitative estimate of drug-likeness (QED) is 0.293. The Bertz CT molecular complexity index is 297. The third-order valence-corrected chi connectivity index (χ3v) is 5.08. The first-order chi connectivity index (χ1) is 12.1. The molecule has 2 atom stereocenters. The maximum absolute atomic E-state index is 11.3. The smallest absolute Gasteiger partial charge is 0.220 e. The fourth-order valence-electron chi connectivity index (χ4n) is 3.36. The SMILES string of the molecule is CCCCCCCCCCCCCCCCC(CC(O)CO)C(N)=O. The molecule has 4 N–H and O–H groups in total. The van der Waals surface area contributed by atoms with Crippen LogP contribution in [0.5, 0.6) is 0 Å². The first-order valence-corrected chi connectivity index (χ1v) is 10.7. The second kappa shape index (κ2) is 18.2. The summed E-state index contributed by atoms with van der Waals surface area (Å²) in [5, 5.41) is 18.3. The van der Waals surface area contributed by atoms with Crippen molar-refractivity contribution in [2.75, 3.05) is 6.61 Å². The Morgan fingerprint density at radius 2 is 1.20 bits per heavy atom. The summed E-state index contributed by atoms with van der Waals surface area (Å²) in [7, 11) is 0. The highest BCUT2D eigenvalue weighted by atomic mass is 16.3. The molecule has 0 heterocycles. The van der Waals surface area contributed by atoms with E-state index in [0.29, 0.717) is 0 Å². The molecule has 0 aromatic carbocycles. The molecule has 4 nitrogen and oxygen atoms in total. The highest BCUT2D eigenvalue weighted by Crippen LogP contribution is 2.17. The van der Waals surface area contributed by atoms with Crippen LogP contribution in [0.25, 0.3) is 0 Å². The van der Waals surface area contributed by atoms with E-state index in [1.54, 1.807) is 0 Å². The molecule has 25 heavy (non-hydrogen) atoms. The summed E-state index contributed by atoms with van der Waals surface area (Å²) < 4.78 is 0. The molecular formula is C21H43NO3. The molecule has 0 rings (SSSR count). The molecule has 2 unspecified atom stereocenters. The van der Waals surface area contributed by atoms with Crippen molar-refractivity contribution in [2.24, 2.45) is 11.7 Å². The van der Waals surface area contributed by atoms with Gasteiger partial charge in [-0.2, -0.15) is 0 Å². The van der Waals surface area contributed by atoms with E-state index >= 15 is 0 Å². The second-order valence-electron chi connectivity index (χ2n) is 7.56. The monoisotopic (exact) mass is 357 g/mol. The number of carbonyl (C=O) groups is 1. The van der Waals surface area contributed by atoms with Gasteiger partial charge in [-0.1, -0.05) is 96.8 Å². The number of aliphatic hydroxyl groups is 2. The molecule has 0 saturated carbocycles. The van der Waals surface area contributed by atoms with Crippen LogP contribution in [0.1, 0.15) is 110 Å². The zero-order valence-electron chi connectivity index (χ0n) is 16.6. The van der Waals surface area contributed by atoms with Crippen molar-refractivity contribution in [3.05, 3.63) is 0 Å². The predicted octanol–water partition coefficient (Wildman–Crippen LogP) is 4.70. The number of nitrogens with two attached hydrogens (primary N) is 1. The minimum atomic E-state index is -0.829. The minimum absolute atomic E-state index is 0.282. The Morgan fingerprint density at radius 3 is 1.56 bits per heavy atom. The maximum atomic E-state index is 11.3. The van der Waals surface area contributed by atoms with Gasteiger partial charge in [-0.3, -0.25) is 4.79 Å². The lowest BCUT2D eigenvalue weighted by Crippen LogP contribution is -2.28.